The second-order valence-corrected chi connectivity index (χ2v) is 5.20. The molecule has 0 spiro atoms. The maximum Gasteiger partial charge on any atom is 0.242 e. The van der Waals surface area contributed by atoms with Crippen molar-refractivity contribution in [1.29, 1.82) is 0 Å². The number of halogens is 1. The monoisotopic (exact) mass is 282 g/mol. The molecule has 1 fully saturated rings. The third-order valence-electron chi connectivity index (χ3n) is 3.48. The van der Waals surface area contributed by atoms with Gasteiger partial charge in [0, 0.05) is 25.2 Å². The van der Waals surface area contributed by atoms with Crippen LogP contribution >= 0.6 is 11.6 Å². The molecule has 2 atom stereocenters. The lowest BCUT2D eigenvalue weighted by atomic mass is 10.0. The van der Waals surface area contributed by atoms with Gasteiger partial charge in [0.05, 0.1) is 0 Å². The van der Waals surface area contributed by atoms with Crippen LogP contribution in [0.1, 0.15) is 24.5 Å². The average molecular weight is 283 g/mol. The molecule has 4 nitrogen and oxygen atoms in total. The first-order valence-electron chi connectivity index (χ1n) is 6.46. The molecule has 1 heterocycles. The van der Waals surface area contributed by atoms with Crippen molar-refractivity contribution in [3.63, 3.8) is 0 Å². The van der Waals surface area contributed by atoms with Gasteiger partial charge in [0.1, 0.15) is 12.1 Å². The molecule has 0 radical (unpaired) electrons. The Bertz CT molecular complexity index is 430. The fraction of sp³-hybridized carbons (Fsp3) is 0.500. The normalized spacial score (nSPS) is 18.4. The summed E-state index contributed by atoms with van der Waals surface area (Å²) in [4.78, 5) is 14.1. The van der Waals surface area contributed by atoms with E-state index in [2.05, 4.69) is 0 Å². The van der Waals surface area contributed by atoms with E-state index >= 15 is 0 Å². The van der Waals surface area contributed by atoms with E-state index in [9.17, 15) is 4.79 Å². The molecule has 1 aliphatic rings. The molecule has 1 aromatic rings. The predicted octanol–water partition coefficient (Wildman–Crippen LogP) is 1.98. The minimum atomic E-state index is -0.677. The number of nitrogens with two attached hydrogens (primary N) is 1. The Hall–Kier alpha value is -1.10. The Labute approximate surface area is 118 Å². The van der Waals surface area contributed by atoms with E-state index < -0.39 is 12.1 Å². The summed E-state index contributed by atoms with van der Waals surface area (Å²) in [5.41, 5.74) is 6.94. The largest absolute Gasteiger partial charge is 0.375 e. The van der Waals surface area contributed by atoms with Gasteiger partial charge in [-0.2, -0.15) is 0 Å². The molecule has 19 heavy (non-hydrogen) atoms. The highest BCUT2D eigenvalue weighted by atomic mass is 35.5. The Morgan fingerprint density at radius 1 is 1.32 bits per heavy atom. The highest BCUT2D eigenvalue weighted by Crippen LogP contribution is 2.23. The number of carbonyl (C=O) groups excluding carboxylic acids is 1. The molecule has 0 aromatic heterocycles. The number of methoxy groups -OCH3 is 1. The van der Waals surface area contributed by atoms with Crippen molar-refractivity contribution in [1.82, 2.24) is 4.90 Å². The highest BCUT2D eigenvalue weighted by molar-refractivity contribution is 6.30. The highest BCUT2D eigenvalue weighted by Gasteiger charge is 2.30. The molecule has 0 bridgehead atoms. The number of likely N-dealkylation sites (tertiary alicyclic amines) is 1. The summed E-state index contributed by atoms with van der Waals surface area (Å²) in [5, 5.41) is 0.651. The summed E-state index contributed by atoms with van der Waals surface area (Å²) in [7, 11) is 1.57. The van der Waals surface area contributed by atoms with Gasteiger partial charge in [-0.05, 0) is 30.5 Å². The number of hydrogen-bond donors (Lipinski definition) is 1. The van der Waals surface area contributed by atoms with Crippen LogP contribution in [-0.2, 0) is 9.53 Å². The number of hydrogen-bond acceptors (Lipinski definition) is 3. The van der Waals surface area contributed by atoms with Crippen molar-refractivity contribution in [3.05, 3.63) is 34.9 Å². The Balaban J connectivity index is 2.11. The quantitative estimate of drug-likeness (QED) is 0.919. The van der Waals surface area contributed by atoms with Crippen LogP contribution in [0.25, 0.3) is 0 Å². The molecule has 0 unspecified atom stereocenters. The molecule has 0 aliphatic carbocycles. The van der Waals surface area contributed by atoms with E-state index in [0.717, 1.165) is 31.5 Å². The average Bonchev–Trinajstić information content (AvgIpc) is 2.94. The van der Waals surface area contributed by atoms with E-state index in [1.807, 2.05) is 17.0 Å². The minimum Gasteiger partial charge on any atom is -0.375 e. The third kappa shape index (κ3) is 3.26. The SMILES string of the molecule is CO[C@@H](c1ccc(Cl)cc1)[C@@H](N)C(=O)N1CCCC1. The van der Waals surface area contributed by atoms with Crippen LogP contribution in [-0.4, -0.2) is 37.0 Å². The number of nitrogens with zero attached hydrogens (tertiary/aromatic N) is 1. The Morgan fingerprint density at radius 3 is 2.42 bits per heavy atom. The van der Waals surface area contributed by atoms with Gasteiger partial charge in [0.2, 0.25) is 5.91 Å². The standard InChI is InChI=1S/C14H19ClN2O2/c1-19-13(10-4-6-11(15)7-5-10)12(16)14(18)17-8-2-3-9-17/h4-7,12-13H,2-3,8-9,16H2,1H3/t12-,13+/m1/s1. The molecular weight excluding hydrogens is 264 g/mol. The molecule has 5 heteroatoms. The smallest absolute Gasteiger partial charge is 0.242 e. The molecule has 104 valence electrons. The molecule has 1 amide bonds. The fourth-order valence-electron chi connectivity index (χ4n) is 2.42. The van der Waals surface area contributed by atoms with Gasteiger partial charge >= 0.3 is 0 Å². The minimum absolute atomic E-state index is 0.0423. The lowest BCUT2D eigenvalue weighted by Crippen LogP contribution is -2.46. The number of carbonyl (C=O) groups is 1. The summed E-state index contributed by atoms with van der Waals surface area (Å²) < 4.78 is 5.40. The zero-order valence-electron chi connectivity index (χ0n) is 11.0. The van der Waals surface area contributed by atoms with Crippen LogP contribution in [0.5, 0.6) is 0 Å². The zero-order chi connectivity index (χ0) is 13.8. The Kier molecular flexibility index (Phi) is 4.80. The second-order valence-electron chi connectivity index (χ2n) is 4.77. The van der Waals surface area contributed by atoms with Crippen LogP contribution in [0.2, 0.25) is 5.02 Å². The first kappa shape index (κ1) is 14.3. The van der Waals surface area contributed by atoms with Crippen molar-refractivity contribution in [2.45, 2.75) is 25.0 Å². The van der Waals surface area contributed by atoms with Gasteiger partial charge in [-0.3, -0.25) is 4.79 Å². The van der Waals surface area contributed by atoms with Gasteiger partial charge in [-0.15, -0.1) is 0 Å². The fourth-order valence-corrected chi connectivity index (χ4v) is 2.55. The topological polar surface area (TPSA) is 55.6 Å². The molecule has 1 aromatic carbocycles. The van der Waals surface area contributed by atoms with Gasteiger partial charge in [-0.25, -0.2) is 0 Å². The van der Waals surface area contributed by atoms with Crippen molar-refractivity contribution < 1.29 is 9.53 Å². The molecule has 0 saturated carbocycles. The lowest BCUT2D eigenvalue weighted by Gasteiger charge is -2.26. The van der Waals surface area contributed by atoms with Gasteiger partial charge in [-0.1, -0.05) is 23.7 Å². The van der Waals surface area contributed by atoms with E-state index in [4.69, 9.17) is 22.1 Å². The number of benzene rings is 1. The van der Waals surface area contributed by atoms with Crippen molar-refractivity contribution in [2.24, 2.45) is 5.73 Å². The predicted molar refractivity (Wildman–Crippen MR) is 75.0 cm³/mol. The molecule has 1 saturated heterocycles. The maximum absolute atomic E-state index is 12.3. The summed E-state index contributed by atoms with van der Waals surface area (Å²) in [6.45, 7) is 1.59. The Morgan fingerprint density at radius 2 is 1.89 bits per heavy atom. The number of rotatable bonds is 4. The zero-order valence-corrected chi connectivity index (χ0v) is 11.8. The van der Waals surface area contributed by atoms with E-state index in [1.54, 1.807) is 19.2 Å². The molecule has 1 aliphatic heterocycles. The summed E-state index contributed by atoms with van der Waals surface area (Å²) in [6.07, 6.45) is 1.67. The van der Waals surface area contributed by atoms with Crippen LogP contribution in [0, 0.1) is 0 Å². The molecule has 2 N–H and O–H groups in total. The third-order valence-corrected chi connectivity index (χ3v) is 3.73. The van der Waals surface area contributed by atoms with Crippen LogP contribution < -0.4 is 5.73 Å². The maximum atomic E-state index is 12.3. The first-order valence-corrected chi connectivity index (χ1v) is 6.84. The van der Waals surface area contributed by atoms with Crippen molar-refractivity contribution in [3.8, 4) is 0 Å². The molecule has 2 rings (SSSR count). The lowest BCUT2D eigenvalue weighted by molar-refractivity contribution is -0.134. The van der Waals surface area contributed by atoms with Crippen LogP contribution in [0.4, 0.5) is 0 Å². The summed E-state index contributed by atoms with van der Waals surface area (Å²) >= 11 is 5.86. The molecular formula is C14H19ClN2O2. The van der Waals surface area contributed by atoms with Crippen LogP contribution in [0.3, 0.4) is 0 Å². The van der Waals surface area contributed by atoms with E-state index in [-0.39, 0.29) is 5.91 Å². The van der Waals surface area contributed by atoms with E-state index in [0.29, 0.717) is 5.02 Å². The summed E-state index contributed by atoms with van der Waals surface area (Å²) in [6, 6.07) is 6.55. The number of ether oxygens (including phenoxy) is 1. The van der Waals surface area contributed by atoms with Gasteiger partial charge < -0.3 is 15.4 Å². The number of amides is 1. The second kappa shape index (κ2) is 6.37. The van der Waals surface area contributed by atoms with Gasteiger partial charge in [0.25, 0.3) is 0 Å². The first-order chi connectivity index (χ1) is 9.13. The summed E-state index contributed by atoms with van der Waals surface area (Å²) in [5.74, 6) is -0.0423. The van der Waals surface area contributed by atoms with E-state index in [1.165, 1.54) is 0 Å². The van der Waals surface area contributed by atoms with Crippen LogP contribution in [0.15, 0.2) is 24.3 Å². The van der Waals surface area contributed by atoms with Crippen molar-refractivity contribution in [2.75, 3.05) is 20.2 Å². The van der Waals surface area contributed by atoms with Gasteiger partial charge in [0.15, 0.2) is 0 Å². The van der Waals surface area contributed by atoms with Crippen molar-refractivity contribution >= 4 is 17.5 Å².